The van der Waals surface area contributed by atoms with Crippen molar-refractivity contribution in [3.63, 3.8) is 0 Å². The number of halogens is 1. The first-order chi connectivity index (χ1) is 6.22. The number of nitrogens with two attached hydrogens (primary N) is 1. The lowest BCUT2D eigenvalue weighted by molar-refractivity contribution is 0.318. The third kappa shape index (κ3) is 3.57. The summed E-state index contributed by atoms with van der Waals surface area (Å²) in [4.78, 5) is 1.04. The normalized spacial score (nSPS) is 11.6. The van der Waals surface area contributed by atoms with E-state index in [-0.39, 0.29) is 5.84 Å². The van der Waals surface area contributed by atoms with Crippen LogP contribution in [0.2, 0.25) is 5.02 Å². The lowest BCUT2D eigenvalue weighted by Gasteiger charge is -1.99. The van der Waals surface area contributed by atoms with E-state index in [1.54, 1.807) is 12.1 Å². The van der Waals surface area contributed by atoms with Gasteiger partial charge < -0.3 is 10.9 Å². The number of benzene rings is 1. The van der Waals surface area contributed by atoms with Gasteiger partial charge in [-0.3, -0.25) is 0 Å². The van der Waals surface area contributed by atoms with E-state index >= 15 is 0 Å². The Morgan fingerprint density at radius 2 is 2.08 bits per heavy atom. The highest BCUT2D eigenvalue weighted by atomic mass is 35.5. The van der Waals surface area contributed by atoms with Gasteiger partial charge in [-0.25, -0.2) is 0 Å². The van der Waals surface area contributed by atoms with Crippen LogP contribution in [0.15, 0.2) is 34.3 Å². The highest BCUT2D eigenvalue weighted by molar-refractivity contribution is 8.00. The Kier molecular flexibility index (Phi) is 3.92. The Labute approximate surface area is 85.6 Å². The molecule has 1 aromatic carbocycles. The van der Waals surface area contributed by atoms with Crippen LogP contribution in [-0.2, 0) is 0 Å². The summed E-state index contributed by atoms with van der Waals surface area (Å²) in [5, 5.41) is 11.9. The summed E-state index contributed by atoms with van der Waals surface area (Å²) in [6.45, 7) is 0. The van der Waals surface area contributed by atoms with Crippen molar-refractivity contribution >= 4 is 29.2 Å². The van der Waals surface area contributed by atoms with Gasteiger partial charge in [0.2, 0.25) is 0 Å². The van der Waals surface area contributed by atoms with Crippen molar-refractivity contribution in [2.75, 3.05) is 5.75 Å². The molecule has 13 heavy (non-hydrogen) atoms. The predicted octanol–water partition coefficient (Wildman–Crippen LogP) is 2.18. The van der Waals surface area contributed by atoms with Crippen LogP contribution in [0.25, 0.3) is 0 Å². The summed E-state index contributed by atoms with van der Waals surface area (Å²) in [6, 6.07) is 7.38. The number of hydrogen-bond acceptors (Lipinski definition) is 3. The van der Waals surface area contributed by atoms with Crippen LogP contribution in [0.1, 0.15) is 0 Å². The highest BCUT2D eigenvalue weighted by Crippen LogP contribution is 2.19. The Bertz CT molecular complexity index is 300. The van der Waals surface area contributed by atoms with Crippen LogP contribution in [0.3, 0.4) is 0 Å². The van der Waals surface area contributed by atoms with E-state index in [4.69, 9.17) is 22.5 Å². The number of amidine groups is 1. The monoisotopic (exact) mass is 216 g/mol. The quantitative estimate of drug-likeness (QED) is 0.268. The van der Waals surface area contributed by atoms with E-state index in [9.17, 15) is 0 Å². The first-order valence-corrected chi connectivity index (χ1v) is 4.93. The molecule has 5 heteroatoms. The van der Waals surface area contributed by atoms with Crippen molar-refractivity contribution in [2.45, 2.75) is 4.90 Å². The lowest BCUT2D eigenvalue weighted by Crippen LogP contribution is -2.13. The third-order valence-electron chi connectivity index (χ3n) is 1.33. The Morgan fingerprint density at radius 1 is 1.46 bits per heavy atom. The first-order valence-electron chi connectivity index (χ1n) is 3.57. The van der Waals surface area contributed by atoms with Crippen molar-refractivity contribution in [1.82, 2.24) is 0 Å². The van der Waals surface area contributed by atoms with Gasteiger partial charge in [-0.1, -0.05) is 16.8 Å². The van der Waals surface area contributed by atoms with E-state index in [2.05, 4.69) is 5.16 Å². The van der Waals surface area contributed by atoms with Gasteiger partial charge in [0.25, 0.3) is 0 Å². The van der Waals surface area contributed by atoms with Crippen molar-refractivity contribution in [3.8, 4) is 0 Å². The molecule has 0 unspecified atom stereocenters. The van der Waals surface area contributed by atoms with E-state index in [0.717, 1.165) is 4.90 Å². The largest absolute Gasteiger partial charge is 0.409 e. The Morgan fingerprint density at radius 3 is 2.62 bits per heavy atom. The molecule has 3 N–H and O–H groups in total. The van der Waals surface area contributed by atoms with Crippen LogP contribution in [0, 0.1) is 0 Å². The molecular formula is C8H9ClN2OS. The minimum atomic E-state index is 0.208. The van der Waals surface area contributed by atoms with Gasteiger partial charge in [0.1, 0.15) is 5.84 Å². The summed E-state index contributed by atoms with van der Waals surface area (Å²) in [5.41, 5.74) is 5.30. The van der Waals surface area contributed by atoms with Crippen LogP contribution in [0.5, 0.6) is 0 Å². The maximum atomic E-state index is 8.29. The number of oxime groups is 1. The van der Waals surface area contributed by atoms with Crippen molar-refractivity contribution < 1.29 is 5.21 Å². The summed E-state index contributed by atoms with van der Waals surface area (Å²) in [5.74, 6) is 0.679. The average molecular weight is 217 g/mol. The molecule has 3 nitrogen and oxygen atoms in total. The number of thioether (sulfide) groups is 1. The van der Waals surface area contributed by atoms with Gasteiger partial charge in [-0.05, 0) is 24.3 Å². The fourth-order valence-electron chi connectivity index (χ4n) is 0.717. The highest BCUT2D eigenvalue weighted by Gasteiger charge is 1.96. The molecule has 0 bridgehead atoms. The van der Waals surface area contributed by atoms with Crippen LogP contribution >= 0.6 is 23.4 Å². The SMILES string of the molecule is N/C(CSc1ccc(Cl)cc1)=N/O. The fraction of sp³-hybridized carbons (Fsp3) is 0.125. The second-order valence-electron chi connectivity index (χ2n) is 2.33. The standard InChI is InChI=1S/C8H9ClN2OS/c9-6-1-3-7(4-2-6)13-5-8(10)11-12/h1-4,12H,5H2,(H2,10,11). The Hall–Kier alpha value is -0.870. The van der Waals surface area contributed by atoms with Gasteiger partial charge in [-0.15, -0.1) is 11.8 Å². The molecule has 0 aliphatic heterocycles. The van der Waals surface area contributed by atoms with Crippen LogP contribution in [-0.4, -0.2) is 16.8 Å². The summed E-state index contributed by atoms with van der Waals surface area (Å²) >= 11 is 7.19. The number of rotatable bonds is 3. The second kappa shape index (κ2) is 4.99. The molecular weight excluding hydrogens is 208 g/mol. The first kappa shape index (κ1) is 10.2. The Balaban J connectivity index is 2.51. The third-order valence-corrected chi connectivity index (χ3v) is 2.63. The smallest absolute Gasteiger partial charge is 0.149 e. The molecule has 0 amide bonds. The zero-order chi connectivity index (χ0) is 9.68. The van der Waals surface area contributed by atoms with E-state index in [1.807, 2.05) is 12.1 Å². The molecule has 1 aromatic rings. The van der Waals surface area contributed by atoms with Gasteiger partial charge in [0.15, 0.2) is 0 Å². The van der Waals surface area contributed by atoms with Crippen molar-refractivity contribution in [2.24, 2.45) is 10.9 Å². The molecule has 70 valence electrons. The van der Waals surface area contributed by atoms with Crippen LogP contribution in [0.4, 0.5) is 0 Å². The number of hydrogen-bond donors (Lipinski definition) is 2. The van der Waals surface area contributed by atoms with Crippen LogP contribution < -0.4 is 5.73 Å². The second-order valence-corrected chi connectivity index (χ2v) is 3.82. The molecule has 0 heterocycles. The fourth-order valence-corrected chi connectivity index (χ4v) is 1.54. The zero-order valence-corrected chi connectivity index (χ0v) is 8.35. The maximum absolute atomic E-state index is 8.29. The minimum absolute atomic E-state index is 0.208. The van der Waals surface area contributed by atoms with E-state index in [1.165, 1.54) is 11.8 Å². The van der Waals surface area contributed by atoms with Crippen molar-refractivity contribution in [1.29, 1.82) is 0 Å². The van der Waals surface area contributed by atoms with Gasteiger partial charge in [0, 0.05) is 9.92 Å². The van der Waals surface area contributed by atoms with Crippen molar-refractivity contribution in [3.05, 3.63) is 29.3 Å². The average Bonchev–Trinajstić information content (AvgIpc) is 2.16. The summed E-state index contributed by atoms with van der Waals surface area (Å²) in [7, 11) is 0. The molecule has 0 saturated heterocycles. The van der Waals surface area contributed by atoms with E-state index in [0.29, 0.717) is 10.8 Å². The molecule has 0 atom stereocenters. The minimum Gasteiger partial charge on any atom is -0.409 e. The zero-order valence-electron chi connectivity index (χ0n) is 6.77. The van der Waals surface area contributed by atoms with Gasteiger partial charge in [0.05, 0.1) is 5.75 Å². The molecule has 0 radical (unpaired) electrons. The van der Waals surface area contributed by atoms with Gasteiger partial charge in [-0.2, -0.15) is 0 Å². The predicted molar refractivity (Wildman–Crippen MR) is 55.6 cm³/mol. The molecule has 0 aliphatic carbocycles. The lowest BCUT2D eigenvalue weighted by atomic mass is 10.4. The molecule has 0 fully saturated rings. The van der Waals surface area contributed by atoms with E-state index < -0.39 is 0 Å². The summed E-state index contributed by atoms with van der Waals surface area (Å²) in [6.07, 6.45) is 0. The molecule has 0 spiro atoms. The molecule has 0 aliphatic rings. The molecule has 0 saturated carbocycles. The maximum Gasteiger partial charge on any atom is 0.149 e. The molecule has 1 rings (SSSR count). The summed E-state index contributed by atoms with van der Waals surface area (Å²) < 4.78 is 0. The topological polar surface area (TPSA) is 58.6 Å². The molecule has 0 aromatic heterocycles. The number of nitrogens with zero attached hydrogens (tertiary/aromatic N) is 1. The van der Waals surface area contributed by atoms with Gasteiger partial charge >= 0.3 is 0 Å².